The van der Waals surface area contributed by atoms with Crippen molar-refractivity contribution < 1.29 is 20.1 Å². The Labute approximate surface area is 374 Å². The summed E-state index contributed by atoms with van der Waals surface area (Å²) in [5.74, 6) is 8.06. The molecule has 0 amide bonds. The molecule has 0 saturated heterocycles. The van der Waals surface area contributed by atoms with Crippen molar-refractivity contribution in [2.24, 2.45) is 0 Å². The van der Waals surface area contributed by atoms with Crippen LogP contribution in [0, 0.1) is 12.1 Å². The summed E-state index contributed by atoms with van der Waals surface area (Å²) in [6.45, 7) is 0. The molecule has 0 aliphatic heterocycles. The Hall–Kier alpha value is -5.95. The number of rotatable bonds is 3. The zero-order valence-corrected chi connectivity index (χ0v) is 39.2. The van der Waals surface area contributed by atoms with E-state index >= 15 is 0 Å². The van der Waals surface area contributed by atoms with Gasteiger partial charge in [0.1, 0.15) is 0 Å². The normalized spacial score (nSPS) is 11.7. The maximum atomic E-state index is 5.41. The molecule has 0 aliphatic carbocycles. The average Bonchev–Trinajstić information content (AvgIpc) is 3.87. The number of thiophene rings is 1. The van der Waals surface area contributed by atoms with Crippen LogP contribution in [0.4, 0.5) is 0 Å². The first-order chi connectivity index (χ1) is 29.4. The topological polar surface area (TPSA) is 30.2 Å². The number of benzene rings is 8. The van der Waals surface area contributed by atoms with Crippen LogP contribution in [-0.2, 0) is 20.1 Å². The van der Waals surface area contributed by atoms with Gasteiger partial charge >= 0.3 is 99.8 Å². The molecule has 61 heavy (non-hydrogen) atoms. The van der Waals surface area contributed by atoms with Crippen LogP contribution < -0.4 is 4.40 Å². The molecule has 295 valence electrons. The van der Waals surface area contributed by atoms with E-state index in [4.69, 9.17) is 4.98 Å². The molecule has 6 heteroatoms. The Morgan fingerprint density at radius 3 is 1.87 bits per heavy atom. The van der Waals surface area contributed by atoms with Gasteiger partial charge in [0.25, 0.3) is 0 Å². The van der Waals surface area contributed by atoms with E-state index in [-0.39, 0.29) is 20.1 Å². The third kappa shape index (κ3) is 6.87. The van der Waals surface area contributed by atoms with Crippen molar-refractivity contribution in [1.29, 1.82) is 0 Å². The van der Waals surface area contributed by atoms with Gasteiger partial charge in [-0.15, -0.1) is 18.2 Å². The van der Waals surface area contributed by atoms with Gasteiger partial charge in [-0.2, -0.15) is 11.3 Å². The molecule has 0 saturated carbocycles. The average molecular weight is 1040 g/mol. The molecule has 1 radical (unpaired) electrons. The van der Waals surface area contributed by atoms with Crippen LogP contribution in [0.3, 0.4) is 0 Å². The van der Waals surface area contributed by atoms with E-state index in [0.29, 0.717) is 0 Å². The molecule has 0 spiro atoms. The SMILES string of the molecule is [CH3][Ge]([CH3])([CH3])[c]1ccc(-c2[c-]cccc2)nc1.[Ir].[c-]1ccc2c(sc3cc4ccccc4cc32)c1-c1nc2cccc3c4ccccc4c4ccccc4c4ccccc4n1c23. The van der Waals surface area contributed by atoms with E-state index in [1.807, 2.05) is 41.8 Å². The fourth-order valence-electron chi connectivity index (χ4n) is 8.69. The van der Waals surface area contributed by atoms with E-state index in [1.54, 1.807) is 0 Å². The first-order valence-electron chi connectivity index (χ1n) is 20.4. The Morgan fingerprint density at radius 1 is 0.541 bits per heavy atom. The van der Waals surface area contributed by atoms with Crippen LogP contribution >= 0.6 is 11.3 Å². The number of nitrogens with zero attached hydrogens (tertiary/aromatic N) is 3. The van der Waals surface area contributed by atoms with Crippen LogP contribution in [0.1, 0.15) is 0 Å². The van der Waals surface area contributed by atoms with E-state index in [0.717, 1.165) is 39.2 Å². The van der Waals surface area contributed by atoms with Crippen LogP contribution in [0.5, 0.6) is 0 Å². The van der Waals surface area contributed by atoms with E-state index in [1.165, 1.54) is 67.7 Å². The fourth-order valence-corrected chi connectivity index (χ4v) is 12.1. The molecule has 0 fully saturated rings. The van der Waals surface area contributed by atoms with Crippen LogP contribution in [0.2, 0.25) is 17.3 Å². The van der Waals surface area contributed by atoms with Crippen molar-refractivity contribution in [2.75, 3.05) is 0 Å². The molecule has 0 unspecified atom stereocenters. The third-order valence-electron chi connectivity index (χ3n) is 11.7. The quantitative estimate of drug-likeness (QED) is 0.130. The Morgan fingerprint density at radius 2 is 1.18 bits per heavy atom. The summed E-state index contributed by atoms with van der Waals surface area (Å²) in [5.41, 5.74) is 6.32. The number of aromatic nitrogens is 3. The zero-order chi connectivity index (χ0) is 40.4. The molecule has 4 aromatic heterocycles. The van der Waals surface area contributed by atoms with Crippen molar-refractivity contribution in [3.05, 3.63) is 194 Å². The van der Waals surface area contributed by atoms with Crippen molar-refractivity contribution in [1.82, 2.24) is 14.4 Å². The number of hydrogen-bond acceptors (Lipinski definition) is 3. The number of hydrogen-bond donors (Lipinski definition) is 0. The number of fused-ring (bicyclic) bond motifs is 11. The van der Waals surface area contributed by atoms with Crippen LogP contribution in [0.15, 0.2) is 182 Å². The van der Waals surface area contributed by atoms with E-state index in [9.17, 15) is 0 Å². The maximum Gasteiger partial charge on any atom is 0.0780 e. The second kappa shape index (κ2) is 15.8. The number of pyridine rings is 1. The second-order valence-electron chi connectivity index (χ2n) is 16.4. The fraction of sp³-hybridized carbons (Fsp3) is 0.0545. The Bertz CT molecular complexity index is 3640. The largest absolute Gasteiger partial charge is 0.332 e. The van der Waals surface area contributed by atoms with Crippen molar-refractivity contribution in [3.63, 3.8) is 0 Å². The minimum absolute atomic E-state index is 0. The van der Waals surface area contributed by atoms with E-state index < -0.39 is 13.3 Å². The summed E-state index contributed by atoms with van der Waals surface area (Å²) in [6, 6.07) is 69.6. The molecule has 0 atom stereocenters. The van der Waals surface area contributed by atoms with Crippen molar-refractivity contribution in [3.8, 4) is 22.6 Å². The summed E-state index contributed by atoms with van der Waals surface area (Å²) in [4.78, 5) is 9.94. The third-order valence-corrected chi connectivity index (χ3v) is 17.1. The molecule has 8 aromatic carbocycles. The van der Waals surface area contributed by atoms with Gasteiger partial charge in [0.05, 0.1) is 16.9 Å². The second-order valence-corrected chi connectivity index (χ2v) is 28.1. The standard InChI is InChI=1S/C41H23N2S.C14H16GeN.Ir/c1-2-12-26-24-38-35(23-25(26)11-1)33-19-9-20-34(40(33)44-38)41-42-36-21-10-18-32-30-16-6-4-14-28(30)27-13-3-5-15-29(27)31-17-7-8-22-37(31)43(41)39(32)36;1-15(2,3)13-9-10-14(16-11-13)12-7-5-4-6-8-12;/h1-19,21-24H;4-7,9-11H,1-3H3;/q2*-1;. The first-order valence-corrected chi connectivity index (χ1v) is 28.6. The predicted octanol–water partition coefficient (Wildman–Crippen LogP) is 14.6. The maximum absolute atomic E-state index is 5.41. The summed E-state index contributed by atoms with van der Waals surface area (Å²) in [7, 11) is 0. The summed E-state index contributed by atoms with van der Waals surface area (Å²) >= 11 is 0.121. The summed E-state index contributed by atoms with van der Waals surface area (Å²) in [5, 5.41) is 12.3. The first kappa shape index (κ1) is 39.2. The van der Waals surface area contributed by atoms with Gasteiger partial charge in [-0.3, -0.25) is 4.98 Å². The molecule has 0 aliphatic rings. The van der Waals surface area contributed by atoms with Gasteiger partial charge in [-0.1, -0.05) is 114 Å². The Kier molecular flexibility index (Phi) is 10.2. The molecule has 12 rings (SSSR count). The molecule has 3 nitrogen and oxygen atoms in total. The van der Waals surface area contributed by atoms with Gasteiger partial charge in [-0.25, -0.2) is 0 Å². The minimum atomic E-state index is -1.72. The van der Waals surface area contributed by atoms with E-state index in [2.05, 4.69) is 190 Å². The van der Waals surface area contributed by atoms with Crippen molar-refractivity contribution in [2.45, 2.75) is 17.3 Å². The van der Waals surface area contributed by atoms with Crippen molar-refractivity contribution >= 4 is 109 Å². The molecule has 0 N–H and O–H groups in total. The number of imidazole rings is 1. The van der Waals surface area contributed by atoms with Gasteiger partial charge in [-0.05, 0) is 66.7 Å². The molecular weight excluding hydrogens is 1000 g/mol. The molecular formula is C55H39GeIrN3S-2. The zero-order valence-electron chi connectivity index (χ0n) is 33.9. The van der Waals surface area contributed by atoms with Gasteiger partial charge in [0.15, 0.2) is 0 Å². The Balaban J connectivity index is 0.000000222. The van der Waals surface area contributed by atoms with Gasteiger partial charge < -0.3 is 4.40 Å². The minimum Gasteiger partial charge on any atom is -0.332 e. The van der Waals surface area contributed by atoms with Crippen LogP contribution in [0.25, 0.3) is 102 Å². The molecule has 0 bridgehead atoms. The summed E-state index contributed by atoms with van der Waals surface area (Å²) in [6.07, 6.45) is 2.04. The van der Waals surface area contributed by atoms with Gasteiger partial charge in [0, 0.05) is 41.1 Å². The summed E-state index contributed by atoms with van der Waals surface area (Å²) < 4.78 is 6.33. The molecule has 12 aromatic rings. The van der Waals surface area contributed by atoms with Gasteiger partial charge in [0.2, 0.25) is 0 Å². The smallest absolute Gasteiger partial charge is 0.0780 e. The number of para-hydroxylation sites is 2. The van der Waals surface area contributed by atoms with Crippen LogP contribution in [-0.4, -0.2) is 27.6 Å². The monoisotopic (exact) mass is 1040 g/mol. The predicted molar refractivity (Wildman–Crippen MR) is 260 cm³/mol. The molecule has 4 heterocycles.